The first-order valence-corrected chi connectivity index (χ1v) is 6.90. The zero-order chi connectivity index (χ0) is 13.9. The van der Waals surface area contributed by atoms with Crippen molar-refractivity contribution in [2.75, 3.05) is 5.32 Å². The Labute approximate surface area is 114 Å². The van der Waals surface area contributed by atoms with Gasteiger partial charge < -0.3 is 15.8 Å². The number of hydrogen-bond acceptors (Lipinski definition) is 3. The summed E-state index contributed by atoms with van der Waals surface area (Å²) in [7, 11) is 0. The van der Waals surface area contributed by atoms with E-state index in [1.807, 2.05) is 31.2 Å². The predicted molar refractivity (Wildman–Crippen MR) is 76.2 cm³/mol. The Morgan fingerprint density at radius 2 is 2.26 bits per heavy atom. The minimum atomic E-state index is -0.673. The van der Waals surface area contributed by atoms with Gasteiger partial charge in [-0.2, -0.15) is 0 Å². The second kappa shape index (κ2) is 5.61. The van der Waals surface area contributed by atoms with E-state index in [1.165, 1.54) is 0 Å². The third kappa shape index (κ3) is 3.26. The van der Waals surface area contributed by atoms with Crippen LogP contribution in [0.15, 0.2) is 24.3 Å². The fourth-order valence-corrected chi connectivity index (χ4v) is 2.00. The van der Waals surface area contributed by atoms with E-state index in [2.05, 4.69) is 12.2 Å². The van der Waals surface area contributed by atoms with Crippen molar-refractivity contribution in [3.8, 4) is 5.75 Å². The monoisotopic (exact) mass is 262 g/mol. The van der Waals surface area contributed by atoms with E-state index in [4.69, 9.17) is 10.5 Å². The van der Waals surface area contributed by atoms with Gasteiger partial charge in [0, 0.05) is 11.8 Å². The second-order valence-electron chi connectivity index (χ2n) is 5.33. The van der Waals surface area contributed by atoms with E-state index < -0.39 is 5.54 Å². The molecule has 0 radical (unpaired) electrons. The van der Waals surface area contributed by atoms with Gasteiger partial charge in [-0.1, -0.05) is 13.0 Å². The molecule has 1 fully saturated rings. The number of anilines is 1. The SMILES string of the molecule is CCC(C)Oc1cccc(NC(=O)C2(N)CCC2)c1. The van der Waals surface area contributed by atoms with Gasteiger partial charge in [-0.3, -0.25) is 4.79 Å². The van der Waals surface area contributed by atoms with Gasteiger partial charge in [0.15, 0.2) is 0 Å². The van der Waals surface area contributed by atoms with E-state index in [0.717, 1.165) is 37.1 Å². The number of hydrogen-bond donors (Lipinski definition) is 2. The molecule has 1 aliphatic rings. The Balaban J connectivity index is 2.00. The standard InChI is InChI=1S/C15H22N2O2/c1-3-11(2)19-13-7-4-6-12(10-13)17-14(18)15(16)8-5-9-15/h4,6-7,10-11H,3,5,8-9,16H2,1-2H3,(H,17,18). The zero-order valence-corrected chi connectivity index (χ0v) is 11.6. The predicted octanol–water partition coefficient (Wildman–Crippen LogP) is 2.68. The molecule has 1 atom stereocenters. The van der Waals surface area contributed by atoms with Crippen LogP contribution < -0.4 is 15.8 Å². The van der Waals surface area contributed by atoms with E-state index in [1.54, 1.807) is 0 Å². The van der Waals surface area contributed by atoms with Gasteiger partial charge in [0.05, 0.1) is 11.6 Å². The highest BCUT2D eigenvalue weighted by Crippen LogP contribution is 2.30. The fraction of sp³-hybridized carbons (Fsp3) is 0.533. The van der Waals surface area contributed by atoms with Crippen LogP contribution in [0, 0.1) is 0 Å². The largest absolute Gasteiger partial charge is 0.491 e. The number of rotatable bonds is 5. The first-order chi connectivity index (χ1) is 9.03. The first-order valence-electron chi connectivity index (χ1n) is 6.90. The van der Waals surface area contributed by atoms with Crippen molar-refractivity contribution in [3.05, 3.63) is 24.3 Å². The molecule has 4 heteroatoms. The zero-order valence-electron chi connectivity index (χ0n) is 11.6. The molecule has 19 heavy (non-hydrogen) atoms. The van der Waals surface area contributed by atoms with Crippen molar-refractivity contribution < 1.29 is 9.53 Å². The van der Waals surface area contributed by atoms with Crippen LogP contribution in [0.5, 0.6) is 5.75 Å². The molecule has 1 unspecified atom stereocenters. The van der Waals surface area contributed by atoms with Crippen molar-refractivity contribution >= 4 is 11.6 Å². The van der Waals surface area contributed by atoms with Crippen LogP contribution in [0.4, 0.5) is 5.69 Å². The molecule has 0 spiro atoms. The molecule has 4 nitrogen and oxygen atoms in total. The Morgan fingerprint density at radius 3 is 2.84 bits per heavy atom. The number of benzene rings is 1. The molecule has 1 aliphatic carbocycles. The molecule has 3 N–H and O–H groups in total. The van der Waals surface area contributed by atoms with E-state index >= 15 is 0 Å². The van der Waals surface area contributed by atoms with Crippen LogP contribution >= 0.6 is 0 Å². The Bertz CT molecular complexity index is 455. The highest BCUT2D eigenvalue weighted by molar-refractivity contribution is 5.98. The normalized spacial score (nSPS) is 18.3. The van der Waals surface area contributed by atoms with Gasteiger partial charge in [0.2, 0.25) is 5.91 Å². The number of nitrogens with two attached hydrogens (primary N) is 1. The van der Waals surface area contributed by atoms with Crippen LogP contribution in [-0.4, -0.2) is 17.6 Å². The third-order valence-corrected chi connectivity index (χ3v) is 3.70. The van der Waals surface area contributed by atoms with E-state index in [0.29, 0.717) is 0 Å². The van der Waals surface area contributed by atoms with Crippen LogP contribution in [0.1, 0.15) is 39.5 Å². The average Bonchev–Trinajstić information content (AvgIpc) is 2.36. The molecule has 104 valence electrons. The molecule has 1 saturated carbocycles. The summed E-state index contributed by atoms with van der Waals surface area (Å²) in [6.07, 6.45) is 3.67. The fourth-order valence-electron chi connectivity index (χ4n) is 2.00. The third-order valence-electron chi connectivity index (χ3n) is 3.70. The Hall–Kier alpha value is -1.55. The lowest BCUT2D eigenvalue weighted by molar-refractivity contribution is -0.123. The molecule has 0 aliphatic heterocycles. The van der Waals surface area contributed by atoms with Gasteiger partial charge >= 0.3 is 0 Å². The minimum Gasteiger partial charge on any atom is -0.491 e. The number of nitrogens with one attached hydrogen (secondary N) is 1. The van der Waals surface area contributed by atoms with Crippen molar-refractivity contribution in [3.63, 3.8) is 0 Å². The van der Waals surface area contributed by atoms with Crippen molar-refractivity contribution in [2.45, 2.75) is 51.2 Å². The number of carbonyl (C=O) groups excluding carboxylic acids is 1. The molecule has 1 aromatic rings. The molecule has 1 amide bonds. The second-order valence-corrected chi connectivity index (χ2v) is 5.33. The molecule has 2 rings (SSSR count). The van der Waals surface area contributed by atoms with Crippen LogP contribution in [-0.2, 0) is 4.79 Å². The molecule has 0 bridgehead atoms. The van der Waals surface area contributed by atoms with Gasteiger partial charge in [-0.05, 0) is 44.7 Å². The molecule has 1 aromatic carbocycles. The highest BCUT2D eigenvalue weighted by atomic mass is 16.5. The van der Waals surface area contributed by atoms with Gasteiger partial charge in [0.1, 0.15) is 5.75 Å². The van der Waals surface area contributed by atoms with Crippen LogP contribution in [0.2, 0.25) is 0 Å². The molecule has 0 heterocycles. The number of ether oxygens (including phenoxy) is 1. The summed E-state index contributed by atoms with van der Waals surface area (Å²) >= 11 is 0. The molecule has 0 aromatic heterocycles. The summed E-state index contributed by atoms with van der Waals surface area (Å²) < 4.78 is 5.73. The summed E-state index contributed by atoms with van der Waals surface area (Å²) in [6, 6.07) is 7.45. The van der Waals surface area contributed by atoms with Crippen molar-refractivity contribution in [2.24, 2.45) is 5.73 Å². The summed E-state index contributed by atoms with van der Waals surface area (Å²) in [6.45, 7) is 4.10. The van der Waals surface area contributed by atoms with Gasteiger partial charge in [-0.15, -0.1) is 0 Å². The Kier molecular flexibility index (Phi) is 4.10. The van der Waals surface area contributed by atoms with Crippen molar-refractivity contribution in [1.29, 1.82) is 0 Å². The maximum absolute atomic E-state index is 12.0. The minimum absolute atomic E-state index is 0.0977. The molecule has 0 saturated heterocycles. The average molecular weight is 262 g/mol. The van der Waals surface area contributed by atoms with Gasteiger partial charge in [-0.25, -0.2) is 0 Å². The van der Waals surface area contributed by atoms with Crippen molar-refractivity contribution in [1.82, 2.24) is 0 Å². The van der Waals surface area contributed by atoms with Crippen LogP contribution in [0.3, 0.4) is 0 Å². The summed E-state index contributed by atoms with van der Waals surface area (Å²) in [5.74, 6) is 0.672. The maximum Gasteiger partial charge on any atom is 0.244 e. The lowest BCUT2D eigenvalue weighted by atomic mass is 9.77. The van der Waals surface area contributed by atoms with Crippen LogP contribution in [0.25, 0.3) is 0 Å². The lowest BCUT2D eigenvalue weighted by Crippen LogP contribution is -2.56. The molecular formula is C15H22N2O2. The van der Waals surface area contributed by atoms with Gasteiger partial charge in [0.25, 0.3) is 0 Å². The topological polar surface area (TPSA) is 64.3 Å². The quantitative estimate of drug-likeness (QED) is 0.857. The first kappa shape index (κ1) is 13.9. The summed E-state index contributed by atoms with van der Waals surface area (Å²) in [4.78, 5) is 12.0. The lowest BCUT2D eigenvalue weighted by Gasteiger charge is -2.36. The highest BCUT2D eigenvalue weighted by Gasteiger charge is 2.40. The van der Waals surface area contributed by atoms with E-state index in [9.17, 15) is 4.79 Å². The number of carbonyl (C=O) groups is 1. The summed E-state index contributed by atoms with van der Waals surface area (Å²) in [5.41, 5.74) is 6.06. The smallest absolute Gasteiger partial charge is 0.244 e. The molecular weight excluding hydrogens is 240 g/mol. The maximum atomic E-state index is 12.0. The Morgan fingerprint density at radius 1 is 1.53 bits per heavy atom. The number of amides is 1. The summed E-state index contributed by atoms with van der Waals surface area (Å²) in [5, 5.41) is 2.87. The van der Waals surface area contributed by atoms with E-state index in [-0.39, 0.29) is 12.0 Å².